The maximum Gasteiger partial charge on any atom is 0.278 e. The Morgan fingerprint density at radius 1 is 1.39 bits per heavy atom. The molecule has 2 rings (SSSR count). The minimum atomic E-state index is -0.100. The molecule has 0 aliphatic heterocycles. The molecule has 0 spiro atoms. The summed E-state index contributed by atoms with van der Waals surface area (Å²) in [6.07, 6.45) is 0. The summed E-state index contributed by atoms with van der Waals surface area (Å²) in [5.74, 6) is 0. The van der Waals surface area contributed by atoms with Crippen molar-refractivity contribution >= 4 is 10.9 Å². The van der Waals surface area contributed by atoms with E-state index >= 15 is 0 Å². The summed E-state index contributed by atoms with van der Waals surface area (Å²) in [5.41, 5.74) is 0.536. The zero-order valence-electron chi connectivity index (χ0n) is 10.6. The zero-order chi connectivity index (χ0) is 13.0. The highest BCUT2D eigenvalue weighted by atomic mass is 16.1. The Balaban J connectivity index is 2.24. The van der Waals surface area contributed by atoms with Crippen LogP contribution in [0.1, 0.15) is 0 Å². The van der Waals surface area contributed by atoms with Crippen LogP contribution < -0.4 is 10.9 Å². The van der Waals surface area contributed by atoms with Crippen LogP contribution in [0.25, 0.3) is 10.9 Å². The Bertz CT molecular complexity index is 580. The molecule has 0 atom stereocenters. The van der Waals surface area contributed by atoms with E-state index < -0.39 is 0 Å². The van der Waals surface area contributed by atoms with Gasteiger partial charge in [-0.25, -0.2) is 0 Å². The molecule has 18 heavy (non-hydrogen) atoms. The van der Waals surface area contributed by atoms with E-state index in [9.17, 15) is 4.79 Å². The van der Waals surface area contributed by atoms with Crippen molar-refractivity contribution in [2.45, 2.75) is 6.67 Å². The lowest BCUT2D eigenvalue weighted by molar-refractivity contribution is 0.246. The number of nitrogens with one attached hydrogen (secondary N) is 1. The number of hydrogen-bond donors (Lipinski definition) is 1. The van der Waals surface area contributed by atoms with E-state index in [1.165, 1.54) is 4.68 Å². The number of hydrogen-bond acceptors (Lipinski definition) is 5. The normalized spacial score (nSPS) is 11.3. The first-order valence-corrected chi connectivity index (χ1v) is 5.88. The molecule has 0 amide bonds. The van der Waals surface area contributed by atoms with Gasteiger partial charge in [-0.2, -0.15) is 4.68 Å². The Morgan fingerprint density at radius 3 is 2.94 bits per heavy atom. The quantitative estimate of drug-likeness (QED) is 0.799. The molecule has 6 heteroatoms. The molecular formula is C12H17N5O. The molecule has 1 N–H and O–H groups in total. The summed E-state index contributed by atoms with van der Waals surface area (Å²) in [6.45, 7) is 2.15. The number of nitrogens with zero attached hydrogens (tertiary/aromatic N) is 4. The van der Waals surface area contributed by atoms with Crippen LogP contribution in [-0.4, -0.2) is 47.1 Å². The molecule has 0 saturated carbocycles. The molecule has 6 nitrogen and oxygen atoms in total. The number of rotatable bonds is 5. The lowest BCUT2D eigenvalue weighted by Crippen LogP contribution is -2.35. The van der Waals surface area contributed by atoms with Crippen LogP contribution in [0.2, 0.25) is 0 Å². The molecule has 1 heterocycles. The second-order valence-electron chi connectivity index (χ2n) is 4.24. The van der Waals surface area contributed by atoms with Crippen LogP contribution in [0.4, 0.5) is 0 Å². The second-order valence-corrected chi connectivity index (χ2v) is 4.24. The first-order valence-electron chi connectivity index (χ1n) is 5.88. The number of aromatic nitrogens is 3. The van der Waals surface area contributed by atoms with E-state index in [0.717, 1.165) is 13.1 Å². The van der Waals surface area contributed by atoms with Crippen molar-refractivity contribution in [3.8, 4) is 0 Å². The fraction of sp³-hybridized carbons (Fsp3) is 0.417. The molecule has 0 unspecified atom stereocenters. The topological polar surface area (TPSA) is 63.1 Å². The van der Waals surface area contributed by atoms with Gasteiger partial charge in [0.25, 0.3) is 5.56 Å². The molecule has 2 aromatic rings. The van der Waals surface area contributed by atoms with Gasteiger partial charge in [0.05, 0.1) is 12.1 Å². The molecular weight excluding hydrogens is 230 g/mol. The van der Waals surface area contributed by atoms with Gasteiger partial charge in [-0.05, 0) is 26.2 Å². The van der Waals surface area contributed by atoms with Gasteiger partial charge in [-0.1, -0.05) is 17.3 Å². The lowest BCUT2D eigenvalue weighted by atomic mass is 10.2. The van der Waals surface area contributed by atoms with Crippen LogP contribution in [0.5, 0.6) is 0 Å². The average Bonchev–Trinajstić information content (AvgIpc) is 2.40. The van der Waals surface area contributed by atoms with Crippen LogP contribution in [0.3, 0.4) is 0 Å². The molecule has 0 fully saturated rings. The summed E-state index contributed by atoms with van der Waals surface area (Å²) >= 11 is 0. The number of benzene rings is 1. The van der Waals surface area contributed by atoms with Gasteiger partial charge in [0.15, 0.2) is 0 Å². The molecule has 1 aromatic carbocycles. The molecule has 96 valence electrons. The SMILES string of the molecule is CNCCN(C)Cn1nnc2ccccc2c1=O. The predicted molar refractivity (Wildman–Crippen MR) is 70.4 cm³/mol. The highest BCUT2D eigenvalue weighted by Gasteiger charge is 2.06. The molecule has 0 aliphatic carbocycles. The average molecular weight is 247 g/mol. The minimum Gasteiger partial charge on any atom is -0.318 e. The highest BCUT2D eigenvalue weighted by Crippen LogP contribution is 2.03. The number of fused-ring (bicyclic) bond motifs is 1. The molecule has 0 aliphatic rings. The Labute approximate surface area is 105 Å². The van der Waals surface area contributed by atoms with E-state index in [4.69, 9.17) is 0 Å². The third kappa shape index (κ3) is 2.72. The van der Waals surface area contributed by atoms with Gasteiger partial charge >= 0.3 is 0 Å². The first-order chi connectivity index (χ1) is 8.72. The highest BCUT2D eigenvalue weighted by molar-refractivity contribution is 5.76. The summed E-state index contributed by atoms with van der Waals surface area (Å²) in [4.78, 5) is 14.2. The monoisotopic (exact) mass is 247 g/mol. The predicted octanol–water partition coefficient (Wildman–Crippen LogP) is -0.0998. The van der Waals surface area contributed by atoms with Crippen molar-refractivity contribution in [2.75, 3.05) is 27.2 Å². The van der Waals surface area contributed by atoms with Crippen LogP contribution in [0, 0.1) is 0 Å². The van der Waals surface area contributed by atoms with Gasteiger partial charge < -0.3 is 5.32 Å². The van der Waals surface area contributed by atoms with Crippen LogP contribution in [0.15, 0.2) is 29.1 Å². The number of likely N-dealkylation sites (N-methyl/N-ethyl adjacent to an activating group) is 2. The van der Waals surface area contributed by atoms with Gasteiger partial charge in [0.2, 0.25) is 0 Å². The van der Waals surface area contributed by atoms with E-state index in [2.05, 4.69) is 15.6 Å². The van der Waals surface area contributed by atoms with Gasteiger partial charge in [-0.15, -0.1) is 5.10 Å². The largest absolute Gasteiger partial charge is 0.318 e. The van der Waals surface area contributed by atoms with E-state index in [1.807, 2.05) is 31.1 Å². The summed E-state index contributed by atoms with van der Waals surface area (Å²) in [6, 6.07) is 7.25. The van der Waals surface area contributed by atoms with Gasteiger partial charge in [0, 0.05) is 13.1 Å². The molecule has 1 aromatic heterocycles. The Hall–Kier alpha value is -1.79. The first kappa shape index (κ1) is 12.7. The maximum atomic E-state index is 12.2. The second kappa shape index (κ2) is 5.70. The van der Waals surface area contributed by atoms with Gasteiger partial charge in [-0.3, -0.25) is 9.69 Å². The smallest absolute Gasteiger partial charge is 0.278 e. The lowest BCUT2D eigenvalue weighted by Gasteiger charge is -2.16. The minimum absolute atomic E-state index is 0.100. The van der Waals surface area contributed by atoms with E-state index in [1.54, 1.807) is 12.1 Å². The molecule has 0 saturated heterocycles. The Kier molecular flexibility index (Phi) is 4.01. The van der Waals surface area contributed by atoms with Crippen molar-refractivity contribution in [2.24, 2.45) is 0 Å². The van der Waals surface area contributed by atoms with Gasteiger partial charge in [0.1, 0.15) is 5.52 Å². The fourth-order valence-electron chi connectivity index (χ4n) is 1.72. The van der Waals surface area contributed by atoms with Crippen molar-refractivity contribution < 1.29 is 0 Å². The maximum absolute atomic E-state index is 12.2. The summed E-state index contributed by atoms with van der Waals surface area (Å²) in [7, 11) is 3.84. The van der Waals surface area contributed by atoms with Crippen molar-refractivity contribution in [1.29, 1.82) is 0 Å². The van der Waals surface area contributed by atoms with E-state index in [0.29, 0.717) is 17.6 Å². The third-order valence-corrected chi connectivity index (χ3v) is 2.75. The van der Waals surface area contributed by atoms with E-state index in [-0.39, 0.29) is 5.56 Å². The summed E-state index contributed by atoms with van der Waals surface area (Å²) in [5, 5.41) is 11.7. The zero-order valence-corrected chi connectivity index (χ0v) is 10.6. The van der Waals surface area contributed by atoms with Crippen molar-refractivity contribution in [3.05, 3.63) is 34.6 Å². The van der Waals surface area contributed by atoms with Crippen LogP contribution in [-0.2, 0) is 6.67 Å². The fourth-order valence-corrected chi connectivity index (χ4v) is 1.72. The standard InChI is InChI=1S/C12H17N5O/c1-13-7-8-16(2)9-17-12(18)10-5-3-4-6-11(10)14-15-17/h3-6,13H,7-9H2,1-2H3. The van der Waals surface area contributed by atoms with Crippen molar-refractivity contribution in [3.63, 3.8) is 0 Å². The molecule has 0 radical (unpaired) electrons. The third-order valence-electron chi connectivity index (χ3n) is 2.75. The molecule has 0 bridgehead atoms. The Morgan fingerprint density at radius 2 is 2.17 bits per heavy atom. The summed E-state index contributed by atoms with van der Waals surface area (Å²) < 4.78 is 1.39. The van der Waals surface area contributed by atoms with Crippen LogP contribution >= 0.6 is 0 Å². The van der Waals surface area contributed by atoms with Crippen molar-refractivity contribution in [1.82, 2.24) is 25.2 Å².